The van der Waals surface area contributed by atoms with Crippen LogP contribution in [0.4, 0.5) is 0 Å². The first-order chi connectivity index (χ1) is 10.2. The molecule has 0 saturated carbocycles. The molecule has 108 valence electrons. The van der Waals surface area contributed by atoms with Gasteiger partial charge in [0.25, 0.3) is 0 Å². The summed E-state index contributed by atoms with van der Waals surface area (Å²) in [5.74, 6) is 1.20. The molecular formula is C18H19NO2. The second kappa shape index (κ2) is 6.00. The van der Waals surface area contributed by atoms with Gasteiger partial charge in [0.2, 0.25) is 5.91 Å². The Kier molecular flexibility index (Phi) is 3.91. The first kappa shape index (κ1) is 13.7. The molecule has 0 aliphatic carbocycles. The highest BCUT2D eigenvalue weighted by molar-refractivity contribution is 5.92. The Hall–Kier alpha value is -2.29. The van der Waals surface area contributed by atoms with Gasteiger partial charge in [0.05, 0.1) is 6.61 Å². The highest BCUT2D eigenvalue weighted by Crippen LogP contribution is 2.28. The molecule has 1 unspecified atom stereocenters. The normalized spacial score (nSPS) is 17.4. The molecule has 0 aromatic heterocycles. The summed E-state index contributed by atoms with van der Waals surface area (Å²) in [6, 6.07) is 15.9. The Labute approximate surface area is 124 Å². The summed E-state index contributed by atoms with van der Waals surface area (Å²) in [5.41, 5.74) is 8.36. The number of ether oxygens (including phenoxy) is 1. The van der Waals surface area contributed by atoms with Crippen LogP contribution >= 0.6 is 0 Å². The van der Waals surface area contributed by atoms with E-state index in [2.05, 4.69) is 12.1 Å². The minimum atomic E-state index is -0.377. The molecule has 21 heavy (non-hydrogen) atoms. The molecule has 1 aliphatic heterocycles. The first-order valence-corrected chi connectivity index (χ1v) is 7.32. The Morgan fingerprint density at radius 1 is 1.14 bits per heavy atom. The molecule has 0 spiro atoms. The Bertz CT molecular complexity index is 634. The fraction of sp³-hybridized carbons (Fsp3) is 0.278. The van der Waals surface area contributed by atoms with E-state index in [4.69, 9.17) is 10.5 Å². The van der Waals surface area contributed by atoms with Crippen molar-refractivity contribution in [3.8, 4) is 5.75 Å². The van der Waals surface area contributed by atoms with E-state index in [1.807, 2.05) is 24.3 Å². The van der Waals surface area contributed by atoms with Crippen molar-refractivity contribution in [2.24, 2.45) is 11.7 Å². The van der Waals surface area contributed by atoms with Crippen molar-refractivity contribution >= 4 is 5.91 Å². The second-order valence-corrected chi connectivity index (χ2v) is 5.58. The Morgan fingerprint density at radius 3 is 2.67 bits per heavy atom. The summed E-state index contributed by atoms with van der Waals surface area (Å²) in [4.78, 5) is 11.1. The smallest absolute Gasteiger partial charge is 0.248 e. The molecule has 3 heteroatoms. The van der Waals surface area contributed by atoms with Crippen molar-refractivity contribution in [3.63, 3.8) is 0 Å². The van der Waals surface area contributed by atoms with Gasteiger partial charge in [-0.2, -0.15) is 0 Å². The van der Waals surface area contributed by atoms with E-state index in [-0.39, 0.29) is 5.91 Å². The average molecular weight is 281 g/mol. The SMILES string of the molecule is NC(=O)c1ccc(CC2CCOc3ccccc3C2)cc1. The molecule has 2 aromatic carbocycles. The maximum Gasteiger partial charge on any atom is 0.248 e. The van der Waals surface area contributed by atoms with Gasteiger partial charge in [-0.25, -0.2) is 0 Å². The first-order valence-electron chi connectivity index (χ1n) is 7.32. The van der Waals surface area contributed by atoms with Gasteiger partial charge in [0, 0.05) is 5.56 Å². The van der Waals surface area contributed by atoms with Crippen LogP contribution in [0.3, 0.4) is 0 Å². The highest BCUT2D eigenvalue weighted by Gasteiger charge is 2.17. The monoisotopic (exact) mass is 281 g/mol. The summed E-state index contributed by atoms with van der Waals surface area (Å²) in [6.45, 7) is 0.765. The Morgan fingerprint density at radius 2 is 1.90 bits per heavy atom. The van der Waals surface area contributed by atoms with E-state index in [9.17, 15) is 4.79 Å². The molecule has 0 fully saturated rings. The number of primary amides is 1. The van der Waals surface area contributed by atoms with Crippen LogP contribution < -0.4 is 10.5 Å². The molecule has 1 amide bonds. The number of fused-ring (bicyclic) bond motifs is 1. The lowest BCUT2D eigenvalue weighted by atomic mass is 9.90. The molecule has 1 atom stereocenters. The Balaban J connectivity index is 1.71. The van der Waals surface area contributed by atoms with E-state index in [1.54, 1.807) is 12.1 Å². The molecule has 1 heterocycles. The van der Waals surface area contributed by atoms with E-state index in [0.29, 0.717) is 11.5 Å². The van der Waals surface area contributed by atoms with Crippen molar-refractivity contribution in [2.75, 3.05) is 6.61 Å². The zero-order valence-electron chi connectivity index (χ0n) is 11.9. The van der Waals surface area contributed by atoms with Crippen molar-refractivity contribution in [2.45, 2.75) is 19.3 Å². The zero-order valence-corrected chi connectivity index (χ0v) is 11.9. The number of rotatable bonds is 3. The zero-order chi connectivity index (χ0) is 14.7. The average Bonchev–Trinajstić information content (AvgIpc) is 2.69. The number of hydrogen-bond acceptors (Lipinski definition) is 2. The van der Waals surface area contributed by atoms with Crippen molar-refractivity contribution in [3.05, 3.63) is 65.2 Å². The predicted molar refractivity (Wildman–Crippen MR) is 82.4 cm³/mol. The lowest BCUT2D eigenvalue weighted by Crippen LogP contribution is -2.12. The standard InChI is InChI=1S/C18H19NO2/c19-18(20)15-7-5-13(6-8-15)11-14-9-10-21-17-4-2-1-3-16(17)12-14/h1-8,14H,9-12H2,(H2,19,20). The van der Waals surface area contributed by atoms with Crippen LogP contribution in [0, 0.1) is 5.92 Å². The van der Waals surface area contributed by atoms with Crippen LogP contribution in [0.25, 0.3) is 0 Å². The largest absolute Gasteiger partial charge is 0.493 e. The van der Waals surface area contributed by atoms with Gasteiger partial charge >= 0.3 is 0 Å². The van der Waals surface area contributed by atoms with Gasteiger partial charge in [-0.05, 0) is 54.5 Å². The third-order valence-electron chi connectivity index (χ3n) is 4.03. The van der Waals surface area contributed by atoms with Crippen LogP contribution in [-0.4, -0.2) is 12.5 Å². The second-order valence-electron chi connectivity index (χ2n) is 5.58. The van der Waals surface area contributed by atoms with Crippen LogP contribution in [0.15, 0.2) is 48.5 Å². The van der Waals surface area contributed by atoms with Crippen molar-refractivity contribution < 1.29 is 9.53 Å². The van der Waals surface area contributed by atoms with Gasteiger partial charge < -0.3 is 10.5 Å². The lowest BCUT2D eigenvalue weighted by Gasteiger charge is -2.13. The van der Waals surface area contributed by atoms with Gasteiger partial charge in [0.15, 0.2) is 0 Å². The van der Waals surface area contributed by atoms with Gasteiger partial charge in [-0.15, -0.1) is 0 Å². The van der Waals surface area contributed by atoms with Crippen LogP contribution in [0.5, 0.6) is 5.75 Å². The summed E-state index contributed by atoms with van der Waals surface area (Å²) in [5, 5.41) is 0. The molecule has 1 aliphatic rings. The minimum Gasteiger partial charge on any atom is -0.493 e. The highest BCUT2D eigenvalue weighted by atomic mass is 16.5. The lowest BCUT2D eigenvalue weighted by molar-refractivity contribution is 0.100. The van der Waals surface area contributed by atoms with Crippen LogP contribution in [0.1, 0.15) is 27.9 Å². The molecule has 0 saturated heterocycles. The number of carbonyl (C=O) groups is 1. The van der Waals surface area contributed by atoms with Gasteiger partial charge in [-0.1, -0.05) is 30.3 Å². The molecule has 3 rings (SSSR count). The number of benzene rings is 2. The fourth-order valence-corrected chi connectivity index (χ4v) is 2.87. The van der Waals surface area contributed by atoms with Gasteiger partial charge in [-0.3, -0.25) is 4.79 Å². The number of carbonyl (C=O) groups excluding carboxylic acids is 1. The molecular weight excluding hydrogens is 262 g/mol. The van der Waals surface area contributed by atoms with E-state index >= 15 is 0 Å². The van der Waals surface area contributed by atoms with Crippen LogP contribution in [-0.2, 0) is 12.8 Å². The van der Waals surface area contributed by atoms with Crippen LogP contribution in [0.2, 0.25) is 0 Å². The fourth-order valence-electron chi connectivity index (χ4n) is 2.87. The summed E-state index contributed by atoms with van der Waals surface area (Å²) < 4.78 is 5.81. The quantitative estimate of drug-likeness (QED) is 0.940. The summed E-state index contributed by atoms with van der Waals surface area (Å²) in [7, 11) is 0. The maximum atomic E-state index is 11.1. The summed E-state index contributed by atoms with van der Waals surface area (Å²) in [6.07, 6.45) is 3.08. The molecule has 3 nitrogen and oxygen atoms in total. The third kappa shape index (κ3) is 3.24. The van der Waals surface area contributed by atoms with E-state index in [0.717, 1.165) is 31.6 Å². The van der Waals surface area contributed by atoms with E-state index in [1.165, 1.54) is 11.1 Å². The maximum absolute atomic E-state index is 11.1. The predicted octanol–water partition coefficient (Wildman–Crippen LogP) is 2.97. The minimum absolute atomic E-state index is 0.377. The molecule has 0 bridgehead atoms. The van der Waals surface area contributed by atoms with Gasteiger partial charge in [0.1, 0.15) is 5.75 Å². The number of nitrogens with two attached hydrogens (primary N) is 1. The van der Waals surface area contributed by atoms with Crippen molar-refractivity contribution in [1.29, 1.82) is 0 Å². The molecule has 0 radical (unpaired) electrons. The van der Waals surface area contributed by atoms with Crippen molar-refractivity contribution in [1.82, 2.24) is 0 Å². The molecule has 2 aromatic rings. The molecule has 2 N–H and O–H groups in total. The topological polar surface area (TPSA) is 52.3 Å². The number of para-hydroxylation sites is 1. The van der Waals surface area contributed by atoms with E-state index < -0.39 is 0 Å². The summed E-state index contributed by atoms with van der Waals surface area (Å²) >= 11 is 0. The number of amides is 1. The number of hydrogen-bond donors (Lipinski definition) is 1. The third-order valence-corrected chi connectivity index (χ3v) is 4.03.